The minimum atomic E-state index is -0.620. The van der Waals surface area contributed by atoms with Crippen LogP contribution < -0.4 is 0 Å². The van der Waals surface area contributed by atoms with E-state index in [4.69, 9.17) is 9.47 Å². The summed E-state index contributed by atoms with van der Waals surface area (Å²) in [5.41, 5.74) is 1.80. The molecule has 1 saturated carbocycles. The van der Waals surface area contributed by atoms with Crippen LogP contribution in [0.25, 0.3) is 0 Å². The van der Waals surface area contributed by atoms with E-state index in [9.17, 15) is 4.79 Å². The Kier molecular flexibility index (Phi) is 4.69. The molecule has 0 N–H and O–H groups in total. The summed E-state index contributed by atoms with van der Waals surface area (Å²) in [5, 5.41) is 0. The van der Waals surface area contributed by atoms with Crippen molar-refractivity contribution in [3.63, 3.8) is 0 Å². The summed E-state index contributed by atoms with van der Waals surface area (Å²) >= 11 is 0. The van der Waals surface area contributed by atoms with Crippen LogP contribution in [0.5, 0.6) is 0 Å². The Morgan fingerprint density at radius 3 is 2.32 bits per heavy atom. The third-order valence-electron chi connectivity index (χ3n) is 6.57. The largest absolute Gasteiger partial charge is 0.374 e. The summed E-state index contributed by atoms with van der Waals surface area (Å²) in [5.74, 6) is 0.199. The number of fused-ring (bicyclic) bond motifs is 1. The minimum absolute atomic E-state index is 0.0560. The Balaban J connectivity index is 1.23. The molecule has 28 heavy (non-hydrogen) atoms. The molecule has 1 spiro atoms. The third-order valence-corrected chi connectivity index (χ3v) is 6.57. The summed E-state index contributed by atoms with van der Waals surface area (Å²) in [6.45, 7) is 0.637. The van der Waals surface area contributed by atoms with Crippen molar-refractivity contribution in [2.75, 3.05) is 0 Å². The maximum Gasteiger partial charge on any atom is 0.257 e. The van der Waals surface area contributed by atoms with Gasteiger partial charge in [-0.2, -0.15) is 0 Å². The molecule has 3 fully saturated rings. The maximum absolute atomic E-state index is 13.4. The summed E-state index contributed by atoms with van der Waals surface area (Å²) in [6.07, 6.45) is 5.37. The van der Waals surface area contributed by atoms with Gasteiger partial charge in [-0.25, -0.2) is 0 Å². The number of rotatable bonds is 4. The molecule has 2 atom stereocenters. The smallest absolute Gasteiger partial charge is 0.257 e. The molecule has 0 aromatic heterocycles. The van der Waals surface area contributed by atoms with E-state index in [1.807, 2.05) is 29.2 Å². The summed E-state index contributed by atoms with van der Waals surface area (Å²) in [7, 11) is 0. The van der Waals surface area contributed by atoms with Crippen molar-refractivity contribution in [1.82, 2.24) is 4.90 Å². The molecule has 2 aliphatic heterocycles. The molecule has 4 heteroatoms. The number of hydrogen-bond donors (Lipinski definition) is 0. The molecule has 0 unspecified atom stereocenters. The van der Waals surface area contributed by atoms with E-state index in [2.05, 4.69) is 36.4 Å². The van der Waals surface area contributed by atoms with Crippen molar-refractivity contribution in [2.45, 2.75) is 69.1 Å². The molecule has 1 amide bonds. The van der Waals surface area contributed by atoms with E-state index < -0.39 is 5.60 Å². The molecule has 3 aliphatic rings. The summed E-state index contributed by atoms with van der Waals surface area (Å²) < 4.78 is 12.5. The molecular weight excluding hydrogens is 350 g/mol. The summed E-state index contributed by atoms with van der Waals surface area (Å²) in [4.78, 5) is 15.4. The van der Waals surface area contributed by atoms with Crippen LogP contribution >= 0.6 is 0 Å². The topological polar surface area (TPSA) is 38.8 Å². The fraction of sp³-hybridized carbons (Fsp3) is 0.458. The molecule has 2 heterocycles. The highest BCUT2D eigenvalue weighted by molar-refractivity contribution is 5.88. The molecular formula is C24H27NO3. The molecule has 4 nitrogen and oxygen atoms in total. The van der Waals surface area contributed by atoms with Gasteiger partial charge in [0.25, 0.3) is 5.91 Å². The lowest BCUT2D eigenvalue weighted by molar-refractivity contribution is -0.145. The van der Waals surface area contributed by atoms with Gasteiger partial charge in [0.15, 0.2) is 0 Å². The van der Waals surface area contributed by atoms with Gasteiger partial charge in [-0.3, -0.25) is 4.79 Å². The van der Waals surface area contributed by atoms with Crippen LogP contribution in [0.4, 0.5) is 0 Å². The number of benzene rings is 2. The Morgan fingerprint density at radius 2 is 1.61 bits per heavy atom. The van der Waals surface area contributed by atoms with Crippen LogP contribution in [-0.4, -0.2) is 28.7 Å². The van der Waals surface area contributed by atoms with Gasteiger partial charge in [0.2, 0.25) is 0 Å². The lowest BCUT2D eigenvalue weighted by atomic mass is 9.82. The normalized spacial score (nSPS) is 32.1. The Labute approximate surface area is 166 Å². The van der Waals surface area contributed by atoms with Crippen molar-refractivity contribution in [3.8, 4) is 0 Å². The number of ether oxygens (including phenoxy) is 2. The van der Waals surface area contributed by atoms with Crippen LogP contribution in [-0.2, 0) is 20.9 Å². The Hall–Kier alpha value is -2.17. The van der Waals surface area contributed by atoms with Crippen molar-refractivity contribution in [3.05, 3.63) is 71.8 Å². The molecule has 2 aromatic rings. The van der Waals surface area contributed by atoms with Gasteiger partial charge in [0.1, 0.15) is 11.8 Å². The highest BCUT2D eigenvalue weighted by atomic mass is 16.6. The predicted molar refractivity (Wildman–Crippen MR) is 106 cm³/mol. The second kappa shape index (κ2) is 7.34. The lowest BCUT2D eigenvalue weighted by Gasteiger charge is -2.35. The number of amides is 1. The molecule has 2 aromatic carbocycles. The molecule has 1 aliphatic carbocycles. The number of nitrogens with zero attached hydrogens (tertiary/aromatic N) is 1. The van der Waals surface area contributed by atoms with Crippen LogP contribution in [0, 0.1) is 0 Å². The van der Waals surface area contributed by atoms with Crippen LogP contribution in [0.1, 0.15) is 55.7 Å². The standard InChI is InChI=1S/C24H27NO3/c26-23-24(15-13-20(14-16-24)27-17-18-7-3-1-4-8-18)28-22-12-11-21(25(22)23)19-9-5-2-6-10-19/h1-10,20-22H,11-17H2/t20?,21-,22+,24?/m0/s1. The number of carbonyl (C=O) groups excluding carboxylic acids is 1. The maximum atomic E-state index is 13.4. The van der Waals surface area contributed by atoms with Gasteiger partial charge >= 0.3 is 0 Å². The predicted octanol–water partition coefficient (Wildman–Crippen LogP) is 4.60. The first-order valence-corrected chi connectivity index (χ1v) is 10.5. The third kappa shape index (κ3) is 3.15. The fourth-order valence-corrected chi connectivity index (χ4v) is 5.06. The monoisotopic (exact) mass is 377 g/mol. The van der Waals surface area contributed by atoms with E-state index in [1.54, 1.807) is 0 Å². The fourth-order valence-electron chi connectivity index (χ4n) is 5.06. The van der Waals surface area contributed by atoms with E-state index in [-0.39, 0.29) is 24.3 Å². The Bertz CT molecular complexity index is 814. The number of hydrogen-bond acceptors (Lipinski definition) is 3. The molecule has 0 bridgehead atoms. The van der Waals surface area contributed by atoms with Crippen LogP contribution in [0.15, 0.2) is 60.7 Å². The Morgan fingerprint density at radius 1 is 0.929 bits per heavy atom. The quantitative estimate of drug-likeness (QED) is 0.781. The average molecular weight is 377 g/mol. The van der Waals surface area contributed by atoms with Gasteiger partial charge in [0, 0.05) is 0 Å². The molecule has 146 valence electrons. The van der Waals surface area contributed by atoms with Crippen LogP contribution in [0.2, 0.25) is 0 Å². The zero-order valence-corrected chi connectivity index (χ0v) is 16.1. The van der Waals surface area contributed by atoms with Gasteiger partial charge in [0.05, 0.1) is 18.8 Å². The minimum Gasteiger partial charge on any atom is -0.374 e. The first-order valence-electron chi connectivity index (χ1n) is 10.5. The molecule has 5 rings (SSSR count). The van der Waals surface area contributed by atoms with Gasteiger partial charge in [-0.1, -0.05) is 60.7 Å². The van der Waals surface area contributed by atoms with E-state index in [1.165, 1.54) is 11.1 Å². The lowest BCUT2D eigenvalue weighted by Crippen LogP contribution is -2.45. The van der Waals surface area contributed by atoms with Gasteiger partial charge in [-0.15, -0.1) is 0 Å². The summed E-state index contributed by atoms with van der Waals surface area (Å²) in [6, 6.07) is 20.8. The highest BCUT2D eigenvalue weighted by Crippen LogP contribution is 2.49. The molecule has 2 saturated heterocycles. The first-order chi connectivity index (χ1) is 13.8. The van der Waals surface area contributed by atoms with Gasteiger partial charge in [-0.05, 0) is 49.7 Å². The first kappa shape index (κ1) is 17.9. The zero-order valence-electron chi connectivity index (χ0n) is 16.1. The second-order valence-corrected chi connectivity index (χ2v) is 8.28. The molecule has 0 radical (unpaired) electrons. The average Bonchev–Trinajstić information content (AvgIpc) is 3.27. The van der Waals surface area contributed by atoms with Crippen molar-refractivity contribution < 1.29 is 14.3 Å². The number of carbonyl (C=O) groups is 1. The van der Waals surface area contributed by atoms with Crippen molar-refractivity contribution in [1.29, 1.82) is 0 Å². The van der Waals surface area contributed by atoms with Gasteiger partial charge < -0.3 is 14.4 Å². The van der Waals surface area contributed by atoms with Crippen molar-refractivity contribution in [2.24, 2.45) is 0 Å². The van der Waals surface area contributed by atoms with E-state index in [0.717, 1.165) is 38.5 Å². The SMILES string of the molecule is O=C1N2[C@@H](CC[C@H]2c2ccccc2)OC12CCC(OCc1ccccc1)CC2. The van der Waals surface area contributed by atoms with Crippen LogP contribution in [0.3, 0.4) is 0 Å². The zero-order chi connectivity index (χ0) is 19.0. The van der Waals surface area contributed by atoms with E-state index in [0.29, 0.717) is 6.61 Å². The van der Waals surface area contributed by atoms with Crippen molar-refractivity contribution >= 4 is 5.91 Å². The second-order valence-electron chi connectivity index (χ2n) is 8.28. The van der Waals surface area contributed by atoms with E-state index >= 15 is 0 Å². The highest BCUT2D eigenvalue weighted by Gasteiger charge is 2.57.